The molecular weight excluding hydrogens is 365 g/mol. The average molecular weight is 392 g/mol. The van der Waals surface area contributed by atoms with Crippen LogP contribution in [0, 0.1) is 0 Å². The number of benzene rings is 2. The predicted molar refractivity (Wildman–Crippen MR) is 107 cm³/mol. The van der Waals surface area contributed by atoms with Crippen molar-refractivity contribution in [2.75, 3.05) is 27.7 Å². The van der Waals surface area contributed by atoms with Crippen molar-refractivity contribution in [3.8, 4) is 0 Å². The number of rotatable bonds is 7. The summed E-state index contributed by atoms with van der Waals surface area (Å²) in [6, 6.07) is 13.6. The van der Waals surface area contributed by atoms with E-state index in [1.807, 2.05) is 14.1 Å². The molecular formula is C21H27F3N4. The SMILES string of the molecule is CN=C(NCCc1ccc(C(F)(F)F)cc1)NCc1ccc(CN(C)C)cc1. The smallest absolute Gasteiger partial charge is 0.356 e. The molecule has 0 unspecified atom stereocenters. The Balaban J connectivity index is 1.77. The van der Waals surface area contributed by atoms with E-state index in [9.17, 15) is 13.2 Å². The molecule has 7 heteroatoms. The topological polar surface area (TPSA) is 39.7 Å². The molecule has 4 nitrogen and oxygen atoms in total. The van der Waals surface area contributed by atoms with Crippen molar-refractivity contribution >= 4 is 5.96 Å². The summed E-state index contributed by atoms with van der Waals surface area (Å²) < 4.78 is 37.8. The molecule has 0 aliphatic heterocycles. The maximum absolute atomic E-state index is 12.6. The molecule has 0 aliphatic carbocycles. The summed E-state index contributed by atoms with van der Waals surface area (Å²) in [5, 5.41) is 6.42. The lowest BCUT2D eigenvalue weighted by Crippen LogP contribution is -2.37. The van der Waals surface area contributed by atoms with E-state index in [0.29, 0.717) is 25.5 Å². The summed E-state index contributed by atoms with van der Waals surface area (Å²) >= 11 is 0. The summed E-state index contributed by atoms with van der Waals surface area (Å²) in [5.41, 5.74) is 2.62. The monoisotopic (exact) mass is 392 g/mol. The maximum Gasteiger partial charge on any atom is 0.416 e. The maximum atomic E-state index is 12.6. The van der Waals surface area contributed by atoms with Crippen LogP contribution < -0.4 is 10.6 Å². The van der Waals surface area contributed by atoms with Crippen LogP contribution in [0.1, 0.15) is 22.3 Å². The number of halogens is 3. The normalized spacial score (nSPS) is 12.3. The fourth-order valence-electron chi connectivity index (χ4n) is 2.72. The summed E-state index contributed by atoms with van der Waals surface area (Å²) in [6.07, 6.45) is -3.69. The van der Waals surface area contributed by atoms with Gasteiger partial charge in [-0.3, -0.25) is 4.99 Å². The van der Waals surface area contributed by atoms with Gasteiger partial charge in [0.1, 0.15) is 0 Å². The first-order valence-corrected chi connectivity index (χ1v) is 9.11. The molecule has 0 fully saturated rings. The van der Waals surface area contributed by atoms with Gasteiger partial charge in [0, 0.05) is 26.7 Å². The first kappa shape index (κ1) is 21.8. The van der Waals surface area contributed by atoms with Gasteiger partial charge in [-0.15, -0.1) is 0 Å². The largest absolute Gasteiger partial charge is 0.416 e. The highest BCUT2D eigenvalue weighted by Crippen LogP contribution is 2.29. The molecule has 0 aromatic heterocycles. The highest BCUT2D eigenvalue weighted by atomic mass is 19.4. The number of nitrogens with one attached hydrogen (secondary N) is 2. The first-order chi connectivity index (χ1) is 13.3. The van der Waals surface area contributed by atoms with Gasteiger partial charge in [-0.1, -0.05) is 36.4 Å². The Bertz CT molecular complexity index is 751. The van der Waals surface area contributed by atoms with E-state index in [4.69, 9.17) is 0 Å². The third kappa shape index (κ3) is 7.23. The summed E-state index contributed by atoms with van der Waals surface area (Å²) in [5.74, 6) is 0.657. The molecule has 0 heterocycles. The zero-order valence-electron chi connectivity index (χ0n) is 16.5. The zero-order valence-corrected chi connectivity index (χ0v) is 16.5. The molecule has 28 heavy (non-hydrogen) atoms. The average Bonchev–Trinajstić information content (AvgIpc) is 2.65. The van der Waals surface area contributed by atoms with Gasteiger partial charge in [0.05, 0.1) is 5.56 Å². The lowest BCUT2D eigenvalue weighted by molar-refractivity contribution is -0.137. The highest BCUT2D eigenvalue weighted by Gasteiger charge is 2.29. The van der Waals surface area contributed by atoms with Crippen molar-refractivity contribution in [2.45, 2.75) is 25.7 Å². The molecule has 0 saturated carbocycles. The van der Waals surface area contributed by atoms with Crippen LogP contribution in [-0.2, 0) is 25.7 Å². The second-order valence-corrected chi connectivity index (χ2v) is 6.85. The quantitative estimate of drug-likeness (QED) is 0.558. The van der Waals surface area contributed by atoms with Gasteiger partial charge < -0.3 is 15.5 Å². The van der Waals surface area contributed by atoms with E-state index < -0.39 is 11.7 Å². The Kier molecular flexibility index (Phi) is 7.87. The Morgan fingerprint density at radius 3 is 2.00 bits per heavy atom. The molecule has 2 rings (SSSR count). The fraction of sp³-hybridized carbons (Fsp3) is 0.381. The Hall–Kier alpha value is -2.54. The van der Waals surface area contributed by atoms with Crippen LogP contribution in [0.2, 0.25) is 0 Å². The summed E-state index contributed by atoms with van der Waals surface area (Å²) in [7, 11) is 5.76. The molecule has 0 aliphatic rings. The highest BCUT2D eigenvalue weighted by molar-refractivity contribution is 5.79. The van der Waals surface area contributed by atoms with Gasteiger partial charge in [0.25, 0.3) is 0 Å². The minimum atomic E-state index is -4.30. The molecule has 0 bridgehead atoms. The van der Waals surface area contributed by atoms with Gasteiger partial charge in [-0.25, -0.2) is 0 Å². The van der Waals surface area contributed by atoms with E-state index in [2.05, 4.69) is 44.8 Å². The van der Waals surface area contributed by atoms with Gasteiger partial charge >= 0.3 is 6.18 Å². The molecule has 2 N–H and O–H groups in total. The van der Waals surface area contributed by atoms with E-state index in [0.717, 1.165) is 29.8 Å². The minimum absolute atomic E-state index is 0.576. The molecule has 152 valence electrons. The van der Waals surface area contributed by atoms with Crippen molar-refractivity contribution in [3.63, 3.8) is 0 Å². The van der Waals surface area contributed by atoms with Crippen LogP contribution in [0.25, 0.3) is 0 Å². The number of nitrogens with zero attached hydrogens (tertiary/aromatic N) is 2. The number of alkyl halides is 3. The van der Waals surface area contributed by atoms with Crippen LogP contribution in [0.5, 0.6) is 0 Å². The molecule has 2 aromatic carbocycles. The van der Waals surface area contributed by atoms with Gasteiger partial charge in [-0.05, 0) is 49.3 Å². The summed E-state index contributed by atoms with van der Waals surface area (Å²) in [4.78, 5) is 6.30. The molecule has 2 aromatic rings. The number of guanidine groups is 1. The third-order valence-electron chi connectivity index (χ3n) is 4.19. The second-order valence-electron chi connectivity index (χ2n) is 6.85. The molecule has 0 amide bonds. The first-order valence-electron chi connectivity index (χ1n) is 9.11. The summed E-state index contributed by atoms with van der Waals surface area (Å²) in [6.45, 7) is 2.12. The van der Waals surface area contributed by atoms with Crippen molar-refractivity contribution < 1.29 is 13.2 Å². The Morgan fingerprint density at radius 1 is 0.893 bits per heavy atom. The van der Waals surface area contributed by atoms with E-state index in [1.165, 1.54) is 17.7 Å². The lowest BCUT2D eigenvalue weighted by atomic mass is 10.1. The fourth-order valence-corrected chi connectivity index (χ4v) is 2.72. The molecule has 0 saturated heterocycles. The molecule has 0 radical (unpaired) electrons. The van der Waals surface area contributed by atoms with E-state index in [-0.39, 0.29) is 0 Å². The van der Waals surface area contributed by atoms with E-state index >= 15 is 0 Å². The zero-order chi connectivity index (χ0) is 20.6. The lowest BCUT2D eigenvalue weighted by Gasteiger charge is -2.13. The Labute approximate surface area is 164 Å². The number of hydrogen-bond donors (Lipinski definition) is 2. The van der Waals surface area contributed by atoms with Gasteiger partial charge in [0.2, 0.25) is 0 Å². The van der Waals surface area contributed by atoms with E-state index in [1.54, 1.807) is 7.05 Å². The molecule has 0 atom stereocenters. The van der Waals surface area contributed by atoms with Crippen LogP contribution in [0.3, 0.4) is 0 Å². The Morgan fingerprint density at radius 2 is 1.46 bits per heavy atom. The van der Waals surface area contributed by atoms with Gasteiger partial charge in [0.15, 0.2) is 5.96 Å². The number of hydrogen-bond acceptors (Lipinski definition) is 2. The molecule has 0 spiro atoms. The van der Waals surface area contributed by atoms with Crippen LogP contribution >= 0.6 is 0 Å². The van der Waals surface area contributed by atoms with Crippen molar-refractivity contribution in [1.29, 1.82) is 0 Å². The number of aliphatic imine (C=N–C) groups is 1. The van der Waals surface area contributed by atoms with Crippen molar-refractivity contribution in [2.24, 2.45) is 4.99 Å². The third-order valence-corrected chi connectivity index (χ3v) is 4.19. The van der Waals surface area contributed by atoms with Crippen LogP contribution in [0.4, 0.5) is 13.2 Å². The van der Waals surface area contributed by atoms with Crippen LogP contribution in [-0.4, -0.2) is 38.5 Å². The van der Waals surface area contributed by atoms with Crippen LogP contribution in [0.15, 0.2) is 53.5 Å². The van der Waals surface area contributed by atoms with Crippen molar-refractivity contribution in [3.05, 3.63) is 70.8 Å². The standard InChI is InChI=1S/C21H27F3N4/c1-25-20(27-14-17-4-6-18(7-5-17)15-28(2)3)26-13-12-16-8-10-19(11-9-16)21(22,23)24/h4-11H,12-15H2,1-3H3,(H2,25,26,27). The second kappa shape index (κ2) is 10.1. The minimum Gasteiger partial charge on any atom is -0.356 e. The van der Waals surface area contributed by atoms with Gasteiger partial charge in [-0.2, -0.15) is 13.2 Å². The van der Waals surface area contributed by atoms with Crippen molar-refractivity contribution in [1.82, 2.24) is 15.5 Å². The predicted octanol–water partition coefficient (Wildman–Crippen LogP) is 3.67.